The lowest BCUT2D eigenvalue weighted by Crippen LogP contribution is -2.59. The highest BCUT2D eigenvalue weighted by molar-refractivity contribution is 7.88. The highest BCUT2D eigenvalue weighted by Crippen LogP contribution is 2.20. The number of aliphatic carboxylic acids is 1. The Labute approximate surface area is 96.7 Å². The molecule has 1 aliphatic heterocycles. The molecule has 2 atom stereocenters. The van der Waals surface area contributed by atoms with Crippen LogP contribution in [-0.4, -0.2) is 68.0 Å². The molecular formula is C8H17BN2O4S. The van der Waals surface area contributed by atoms with E-state index in [0.29, 0.717) is 13.1 Å². The van der Waals surface area contributed by atoms with Gasteiger partial charge >= 0.3 is 5.97 Å². The largest absolute Gasteiger partial charge is 0.481 e. The van der Waals surface area contributed by atoms with Crippen LogP contribution in [0.25, 0.3) is 0 Å². The van der Waals surface area contributed by atoms with Crippen molar-refractivity contribution < 1.29 is 18.3 Å². The maximum absolute atomic E-state index is 11.5. The summed E-state index contributed by atoms with van der Waals surface area (Å²) < 4.78 is 24.4. The van der Waals surface area contributed by atoms with Gasteiger partial charge in [-0.15, -0.1) is 0 Å². The third-order valence-electron chi connectivity index (χ3n) is 3.06. The van der Waals surface area contributed by atoms with Crippen LogP contribution in [0.1, 0.15) is 13.3 Å². The molecule has 0 aromatic carbocycles. The molecule has 0 bridgehead atoms. The second-order valence-electron chi connectivity index (χ2n) is 4.26. The average Bonchev–Trinajstić information content (AvgIpc) is 2.09. The number of rotatable bonds is 3. The van der Waals surface area contributed by atoms with Crippen LogP contribution in [0.5, 0.6) is 0 Å². The molecule has 0 radical (unpaired) electrons. The first kappa shape index (κ1) is 13.5. The molecule has 1 aliphatic rings. The van der Waals surface area contributed by atoms with Crippen molar-refractivity contribution >= 4 is 24.0 Å². The third kappa shape index (κ3) is 2.96. The van der Waals surface area contributed by atoms with Gasteiger partial charge in [0.2, 0.25) is 10.0 Å². The zero-order valence-corrected chi connectivity index (χ0v) is 10.6. The predicted octanol–water partition coefficient (Wildman–Crippen LogP) is -1.66. The van der Waals surface area contributed by atoms with E-state index in [-0.39, 0.29) is 18.5 Å². The van der Waals surface area contributed by atoms with Gasteiger partial charge in [-0.25, -0.2) is 8.42 Å². The third-order valence-corrected chi connectivity index (χ3v) is 4.43. The van der Waals surface area contributed by atoms with Crippen molar-refractivity contribution in [2.24, 2.45) is 0 Å². The molecule has 16 heavy (non-hydrogen) atoms. The minimum Gasteiger partial charge on any atom is -0.481 e. The normalized spacial score (nSPS) is 29.1. The summed E-state index contributed by atoms with van der Waals surface area (Å²) in [5, 5.41) is 8.80. The van der Waals surface area contributed by atoms with Gasteiger partial charge in [0.05, 0.1) is 12.7 Å². The van der Waals surface area contributed by atoms with E-state index in [1.807, 2.05) is 12.8 Å². The van der Waals surface area contributed by atoms with Crippen LogP contribution in [0.15, 0.2) is 0 Å². The molecule has 6 nitrogen and oxygen atoms in total. The number of hydrogen-bond acceptors (Lipinski definition) is 4. The van der Waals surface area contributed by atoms with Gasteiger partial charge in [-0.1, -0.05) is 0 Å². The molecule has 1 rings (SSSR count). The lowest BCUT2D eigenvalue weighted by Gasteiger charge is -2.43. The Morgan fingerprint density at radius 1 is 1.50 bits per heavy atom. The summed E-state index contributed by atoms with van der Waals surface area (Å²) in [6.07, 6.45) is 1.12. The van der Waals surface area contributed by atoms with Crippen molar-refractivity contribution in [3.63, 3.8) is 0 Å². The predicted molar refractivity (Wildman–Crippen MR) is 62.3 cm³/mol. The summed E-state index contributed by atoms with van der Waals surface area (Å²) in [4.78, 5) is 12.6. The number of carbonyl (C=O) groups is 1. The van der Waals surface area contributed by atoms with Crippen LogP contribution < -0.4 is 0 Å². The maximum atomic E-state index is 11.5. The molecule has 0 aromatic heterocycles. The first-order valence-corrected chi connectivity index (χ1v) is 6.97. The molecule has 1 heterocycles. The van der Waals surface area contributed by atoms with E-state index in [1.54, 1.807) is 6.92 Å². The van der Waals surface area contributed by atoms with Gasteiger partial charge < -0.3 is 9.92 Å². The minimum absolute atomic E-state index is 0.0380. The van der Waals surface area contributed by atoms with Crippen molar-refractivity contribution in [3.8, 4) is 0 Å². The summed E-state index contributed by atoms with van der Waals surface area (Å²) in [6.45, 7) is 2.74. The maximum Gasteiger partial charge on any atom is 0.304 e. The molecule has 0 amide bonds. The molecule has 8 heteroatoms. The molecule has 0 aromatic rings. The van der Waals surface area contributed by atoms with Gasteiger partial charge in [0, 0.05) is 25.2 Å². The van der Waals surface area contributed by atoms with Crippen molar-refractivity contribution in [1.29, 1.82) is 0 Å². The van der Waals surface area contributed by atoms with E-state index in [4.69, 9.17) is 5.11 Å². The van der Waals surface area contributed by atoms with E-state index in [0.717, 1.165) is 6.26 Å². The Kier molecular flexibility index (Phi) is 3.98. The summed E-state index contributed by atoms with van der Waals surface area (Å²) >= 11 is 0. The van der Waals surface area contributed by atoms with Crippen LogP contribution in [0.3, 0.4) is 0 Å². The van der Waals surface area contributed by atoms with Gasteiger partial charge in [0.15, 0.2) is 7.98 Å². The number of sulfonamides is 1. The van der Waals surface area contributed by atoms with Crippen LogP contribution in [-0.2, 0) is 14.8 Å². The van der Waals surface area contributed by atoms with Crippen molar-refractivity contribution in [2.45, 2.75) is 25.4 Å². The van der Waals surface area contributed by atoms with E-state index in [2.05, 4.69) is 0 Å². The van der Waals surface area contributed by atoms with Crippen molar-refractivity contribution in [1.82, 2.24) is 9.12 Å². The van der Waals surface area contributed by atoms with Crippen molar-refractivity contribution in [3.05, 3.63) is 0 Å². The lowest BCUT2D eigenvalue weighted by molar-refractivity contribution is -0.138. The average molecular weight is 248 g/mol. The van der Waals surface area contributed by atoms with E-state index >= 15 is 0 Å². The fraction of sp³-hybridized carbons (Fsp3) is 0.875. The number of carboxylic acids is 1. The van der Waals surface area contributed by atoms with Crippen LogP contribution in [0, 0.1) is 0 Å². The monoisotopic (exact) mass is 248 g/mol. The number of nitrogens with zero attached hydrogens (tertiary/aromatic N) is 2. The molecule has 1 saturated heterocycles. The van der Waals surface area contributed by atoms with E-state index in [1.165, 1.54) is 4.31 Å². The Morgan fingerprint density at radius 2 is 2.06 bits per heavy atom. The topological polar surface area (TPSA) is 77.9 Å². The molecule has 0 spiro atoms. The standard InChI is InChI=1S/C8H17BN2O4S/c1-6-7(5-8(12)13)10(9)3-4-11(6)16(2,14)15/h6-7H,3-5,9H2,1-2H3,(H,12,13). The van der Waals surface area contributed by atoms with Gasteiger partial charge in [0.25, 0.3) is 0 Å². The smallest absolute Gasteiger partial charge is 0.304 e. The summed E-state index contributed by atoms with van der Waals surface area (Å²) in [6, 6.07) is -0.564. The quantitative estimate of drug-likeness (QED) is 0.605. The van der Waals surface area contributed by atoms with Gasteiger partial charge in [-0.2, -0.15) is 4.31 Å². The molecule has 1 fully saturated rings. The molecule has 92 valence electrons. The highest BCUT2D eigenvalue weighted by Gasteiger charge is 2.36. The summed E-state index contributed by atoms with van der Waals surface area (Å²) in [5.41, 5.74) is 0. The Bertz CT molecular complexity index is 372. The Morgan fingerprint density at radius 3 is 2.50 bits per heavy atom. The Hall–Kier alpha value is -0.595. The van der Waals surface area contributed by atoms with E-state index in [9.17, 15) is 13.2 Å². The Balaban J connectivity index is 2.87. The number of hydrogen-bond donors (Lipinski definition) is 1. The van der Waals surface area contributed by atoms with Gasteiger partial charge in [-0.3, -0.25) is 4.79 Å². The molecular weight excluding hydrogens is 231 g/mol. The lowest BCUT2D eigenvalue weighted by atomic mass is 9.98. The highest BCUT2D eigenvalue weighted by atomic mass is 32.2. The summed E-state index contributed by atoms with van der Waals surface area (Å²) in [5.74, 6) is -0.904. The van der Waals surface area contributed by atoms with Crippen LogP contribution in [0.4, 0.5) is 0 Å². The number of carboxylic acid groups (broad SMARTS) is 1. The second kappa shape index (κ2) is 4.73. The SMILES string of the molecule is BN1CCN(S(C)(=O)=O)C(C)C1CC(=O)O. The van der Waals surface area contributed by atoms with Gasteiger partial charge in [-0.05, 0) is 6.92 Å². The fourth-order valence-corrected chi connectivity index (χ4v) is 3.32. The van der Waals surface area contributed by atoms with Crippen LogP contribution in [0.2, 0.25) is 0 Å². The fourth-order valence-electron chi connectivity index (χ4n) is 2.16. The molecule has 2 unspecified atom stereocenters. The van der Waals surface area contributed by atoms with Crippen molar-refractivity contribution in [2.75, 3.05) is 19.3 Å². The summed E-state index contributed by atoms with van der Waals surface area (Å²) in [7, 11) is -1.43. The molecule has 0 aliphatic carbocycles. The molecule has 1 N–H and O–H groups in total. The minimum atomic E-state index is -3.25. The number of piperazine rings is 1. The zero-order chi connectivity index (χ0) is 12.5. The first-order chi connectivity index (χ1) is 7.23. The molecule has 0 saturated carbocycles. The van der Waals surface area contributed by atoms with E-state index < -0.39 is 16.0 Å². The first-order valence-electron chi connectivity index (χ1n) is 5.12. The second-order valence-corrected chi connectivity index (χ2v) is 6.20. The zero-order valence-electron chi connectivity index (χ0n) is 9.75. The van der Waals surface area contributed by atoms with Crippen LogP contribution >= 0.6 is 0 Å². The van der Waals surface area contributed by atoms with Gasteiger partial charge in [0.1, 0.15) is 0 Å².